The fourth-order valence-electron chi connectivity index (χ4n) is 1.76. The Morgan fingerprint density at radius 2 is 2.29 bits per heavy atom. The molecule has 5 nitrogen and oxygen atoms in total. The molecule has 0 saturated carbocycles. The Kier molecular flexibility index (Phi) is 6.47. The largest absolute Gasteiger partial charge is 0.468 e. The number of morpholine rings is 1. The molecule has 1 rings (SSSR count). The van der Waals surface area contributed by atoms with Crippen molar-refractivity contribution in [1.82, 2.24) is 4.90 Å². The van der Waals surface area contributed by atoms with Crippen LogP contribution in [0.15, 0.2) is 0 Å². The molecule has 0 aliphatic carbocycles. The fraction of sp³-hybridized carbons (Fsp3) is 0.917. The highest BCUT2D eigenvalue weighted by molar-refractivity contribution is 5.75. The summed E-state index contributed by atoms with van der Waals surface area (Å²) in [4.78, 5) is 13.6. The minimum absolute atomic E-state index is 0.228. The topological polar surface area (TPSA) is 48.0 Å². The van der Waals surface area contributed by atoms with Gasteiger partial charge in [-0.2, -0.15) is 0 Å². The van der Waals surface area contributed by atoms with Crippen LogP contribution in [0.25, 0.3) is 0 Å². The molecule has 0 N–H and O–H groups in total. The van der Waals surface area contributed by atoms with Gasteiger partial charge in [0.25, 0.3) is 0 Å². The van der Waals surface area contributed by atoms with Gasteiger partial charge in [-0.1, -0.05) is 13.8 Å². The SMILES string of the molecule is COC(=O)[C@@H]1COCCN1CCOCC(C)C. The molecule has 0 aromatic rings. The van der Waals surface area contributed by atoms with Gasteiger partial charge in [0.2, 0.25) is 0 Å². The summed E-state index contributed by atoms with van der Waals surface area (Å²) in [5.74, 6) is 0.310. The molecule has 0 amide bonds. The van der Waals surface area contributed by atoms with Crippen molar-refractivity contribution in [3.63, 3.8) is 0 Å². The first kappa shape index (κ1) is 14.4. The van der Waals surface area contributed by atoms with Crippen LogP contribution in [0.4, 0.5) is 0 Å². The third kappa shape index (κ3) is 5.02. The predicted octanol–water partition coefficient (Wildman–Crippen LogP) is 0.533. The minimum atomic E-state index is -0.281. The van der Waals surface area contributed by atoms with E-state index in [0.29, 0.717) is 25.7 Å². The zero-order valence-electron chi connectivity index (χ0n) is 11.0. The molecule has 100 valence electrons. The highest BCUT2D eigenvalue weighted by Crippen LogP contribution is 2.08. The van der Waals surface area contributed by atoms with E-state index in [1.165, 1.54) is 7.11 Å². The van der Waals surface area contributed by atoms with Crippen molar-refractivity contribution in [3.8, 4) is 0 Å². The maximum atomic E-state index is 11.5. The second-order valence-corrected chi connectivity index (χ2v) is 4.62. The molecule has 0 bridgehead atoms. The van der Waals surface area contributed by atoms with Crippen molar-refractivity contribution in [2.45, 2.75) is 19.9 Å². The Morgan fingerprint density at radius 1 is 1.53 bits per heavy atom. The van der Waals surface area contributed by atoms with Crippen molar-refractivity contribution in [2.75, 3.05) is 46.6 Å². The molecule has 1 fully saturated rings. The van der Waals surface area contributed by atoms with Crippen molar-refractivity contribution >= 4 is 5.97 Å². The zero-order valence-corrected chi connectivity index (χ0v) is 11.0. The first-order chi connectivity index (χ1) is 8.15. The number of nitrogens with zero attached hydrogens (tertiary/aromatic N) is 1. The van der Waals surface area contributed by atoms with Gasteiger partial charge in [-0.3, -0.25) is 9.69 Å². The average molecular weight is 245 g/mol. The fourth-order valence-corrected chi connectivity index (χ4v) is 1.76. The number of carbonyl (C=O) groups is 1. The van der Waals surface area contributed by atoms with E-state index in [2.05, 4.69) is 18.7 Å². The van der Waals surface area contributed by atoms with E-state index in [9.17, 15) is 4.79 Å². The third-order valence-electron chi connectivity index (χ3n) is 2.69. The van der Waals surface area contributed by atoms with Crippen LogP contribution in [-0.4, -0.2) is 63.5 Å². The van der Waals surface area contributed by atoms with E-state index in [-0.39, 0.29) is 12.0 Å². The van der Waals surface area contributed by atoms with Gasteiger partial charge in [-0.15, -0.1) is 0 Å². The van der Waals surface area contributed by atoms with Gasteiger partial charge < -0.3 is 14.2 Å². The van der Waals surface area contributed by atoms with E-state index >= 15 is 0 Å². The number of carbonyl (C=O) groups excluding carboxylic acids is 1. The van der Waals surface area contributed by atoms with E-state index in [1.54, 1.807) is 0 Å². The zero-order chi connectivity index (χ0) is 12.7. The summed E-state index contributed by atoms with van der Waals surface area (Å²) in [6.45, 7) is 8.21. The molecule has 5 heteroatoms. The molecule has 0 radical (unpaired) electrons. The lowest BCUT2D eigenvalue weighted by molar-refractivity contribution is -0.153. The highest BCUT2D eigenvalue weighted by atomic mass is 16.5. The van der Waals surface area contributed by atoms with Crippen molar-refractivity contribution in [3.05, 3.63) is 0 Å². The van der Waals surface area contributed by atoms with Gasteiger partial charge in [-0.05, 0) is 5.92 Å². The second-order valence-electron chi connectivity index (χ2n) is 4.62. The van der Waals surface area contributed by atoms with E-state index < -0.39 is 0 Å². The van der Waals surface area contributed by atoms with Gasteiger partial charge in [0.05, 0.1) is 26.9 Å². The number of methoxy groups -OCH3 is 1. The van der Waals surface area contributed by atoms with Crippen LogP contribution in [0.5, 0.6) is 0 Å². The molecule has 17 heavy (non-hydrogen) atoms. The number of esters is 1. The Morgan fingerprint density at radius 3 is 2.94 bits per heavy atom. The number of hydrogen-bond acceptors (Lipinski definition) is 5. The molecule has 0 unspecified atom stereocenters. The summed E-state index contributed by atoms with van der Waals surface area (Å²) in [5, 5.41) is 0. The normalized spacial score (nSPS) is 21.8. The lowest BCUT2D eigenvalue weighted by atomic mass is 10.2. The Balaban J connectivity index is 2.30. The molecule has 0 spiro atoms. The quantitative estimate of drug-likeness (QED) is 0.505. The molecule has 1 heterocycles. The molecule has 0 aromatic carbocycles. The lowest BCUT2D eigenvalue weighted by Gasteiger charge is -2.33. The van der Waals surface area contributed by atoms with Gasteiger partial charge in [0.15, 0.2) is 0 Å². The van der Waals surface area contributed by atoms with Crippen LogP contribution in [0.3, 0.4) is 0 Å². The molecule has 0 aromatic heterocycles. The lowest BCUT2D eigenvalue weighted by Crippen LogP contribution is -2.51. The Bertz CT molecular complexity index is 233. The van der Waals surface area contributed by atoms with Gasteiger partial charge in [0, 0.05) is 19.7 Å². The van der Waals surface area contributed by atoms with Crippen molar-refractivity contribution < 1.29 is 19.0 Å². The molecule has 1 aliphatic heterocycles. The molecular formula is C12H23NO4. The van der Waals surface area contributed by atoms with Crippen LogP contribution < -0.4 is 0 Å². The van der Waals surface area contributed by atoms with Crippen LogP contribution in [0, 0.1) is 5.92 Å². The Labute approximate surface area is 103 Å². The van der Waals surface area contributed by atoms with E-state index in [1.807, 2.05) is 0 Å². The number of hydrogen-bond donors (Lipinski definition) is 0. The summed E-state index contributed by atoms with van der Waals surface area (Å²) >= 11 is 0. The summed E-state index contributed by atoms with van der Waals surface area (Å²) in [6, 6.07) is -0.281. The Hall–Kier alpha value is -0.650. The van der Waals surface area contributed by atoms with Crippen LogP contribution in [0.2, 0.25) is 0 Å². The van der Waals surface area contributed by atoms with Crippen LogP contribution in [0.1, 0.15) is 13.8 Å². The maximum Gasteiger partial charge on any atom is 0.325 e. The van der Waals surface area contributed by atoms with Crippen molar-refractivity contribution in [1.29, 1.82) is 0 Å². The van der Waals surface area contributed by atoms with E-state index in [0.717, 1.165) is 19.7 Å². The smallest absolute Gasteiger partial charge is 0.325 e. The standard InChI is InChI=1S/C12H23NO4/c1-10(2)8-16-6-4-13-5-7-17-9-11(13)12(14)15-3/h10-11H,4-9H2,1-3H3/t11-/m0/s1. The summed E-state index contributed by atoms with van der Waals surface area (Å²) < 4.78 is 15.6. The van der Waals surface area contributed by atoms with Crippen molar-refractivity contribution in [2.24, 2.45) is 5.92 Å². The van der Waals surface area contributed by atoms with Crippen LogP contribution >= 0.6 is 0 Å². The molecule has 1 saturated heterocycles. The summed E-state index contributed by atoms with van der Waals surface area (Å²) in [7, 11) is 1.41. The third-order valence-corrected chi connectivity index (χ3v) is 2.69. The second kappa shape index (κ2) is 7.63. The van der Waals surface area contributed by atoms with Gasteiger partial charge in [0.1, 0.15) is 6.04 Å². The molecule has 1 atom stereocenters. The predicted molar refractivity (Wildman–Crippen MR) is 63.9 cm³/mol. The minimum Gasteiger partial charge on any atom is -0.468 e. The maximum absolute atomic E-state index is 11.5. The molecule has 1 aliphatic rings. The first-order valence-corrected chi connectivity index (χ1v) is 6.12. The molecular weight excluding hydrogens is 222 g/mol. The average Bonchev–Trinajstić information content (AvgIpc) is 2.34. The van der Waals surface area contributed by atoms with Gasteiger partial charge in [-0.25, -0.2) is 0 Å². The van der Waals surface area contributed by atoms with E-state index in [4.69, 9.17) is 14.2 Å². The summed E-state index contributed by atoms with van der Waals surface area (Å²) in [6.07, 6.45) is 0. The number of ether oxygens (including phenoxy) is 3. The summed E-state index contributed by atoms with van der Waals surface area (Å²) in [5.41, 5.74) is 0. The van der Waals surface area contributed by atoms with Crippen LogP contribution in [-0.2, 0) is 19.0 Å². The number of rotatable bonds is 6. The highest BCUT2D eigenvalue weighted by Gasteiger charge is 2.29. The first-order valence-electron chi connectivity index (χ1n) is 6.12. The monoisotopic (exact) mass is 245 g/mol. The van der Waals surface area contributed by atoms with Gasteiger partial charge >= 0.3 is 5.97 Å².